The Morgan fingerprint density at radius 3 is 2.32 bits per heavy atom. The van der Waals surface area contributed by atoms with Crippen molar-refractivity contribution in [2.24, 2.45) is 0 Å². The van der Waals surface area contributed by atoms with E-state index < -0.39 is 19.1 Å². The largest absolute Gasteiger partial charge is 0.493 e. The van der Waals surface area contributed by atoms with Gasteiger partial charge in [0.15, 0.2) is 17.3 Å². The van der Waals surface area contributed by atoms with E-state index in [2.05, 4.69) is 0 Å². The quantitative estimate of drug-likeness (QED) is 0.624. The molecule has 1 N–H and O–H groups in total. The van der Waals surface area contributed by atoms with E-state index in [0.29, 0.717) is 19.5 Å². The predicted octanol–water partition coefficient (Wildman–Crippen LogP) is 2.48. The van der Waals surface area contributed by atoms with Gasteiger partial charge in [-0.25, -0.2) is 0 Å². The number of aliphatic hydroxyl groups is 1. The third-order valence-electron chi connectivity index (χ3n) is 5.38. The number of hydrogen-bond donors (Lipinski definition) is 1. The number of benzene rings is 2. The van der Waals surface area contributed by atoms with Crippen LogP contribution in [0.3, 0.4) is 0 Å². The van der Waals surface area contributed by atoms with Gasteiger partial charge in [0.1, 0.15) is 12.6 Å². The molecule has 0 bridgehead atoms. The van der Waals surface area contributed by atoms with Crippen LogP contribution in [0.15, 0.2) is 42.5 Å². The molecule has 1 saturated heterocycles. The first-order valence-electron chi connectivity index (χ1n) is 12.9. The number of hydrogen-bond acceptors (Lipinski definition) is 6. The molecule has 1 fully saturated rings. The molecule has 0 spiro atoms. The summed E-state index contributed by atoms with van der Waals surface area (Å²) in [6, 6.07) is 12.1. The molecule has 1 heterocycles. The summed E-state index contributed by atoms with van der Waals surface area (Å²) in [5.74, 6) is 0.193. The van der Waals surface area contributed by atoms with Gasteiger partial charge in [0.05, 0.1) is 17.8 Å². The Labute approximate surface area is 192 Å². The van der Waals surface area contributed by atoms with E-state index in [1.165, 1.54) is 24.1 Å². The minimum Gasteiger partial charge on any atom is -0.493 e. The highest BCUT2D eigenvalue weighted by Crippen LogP contribution is 2.25. The van der Waals surface area contributed by atoms with Crippen LogP contribution in [0.4, 0.5) is 0 Å². The van der Waals surface area contributed by atoms with Crippen LogP contribution in [-0.2, 0) is 11.2 Å². The molecule has 1 atom stereocenters. The standard InChI is InChI=1S/C25H34N2O4/c1-19-7-6-8-20(2)23(19)15-21(28)16-26-11-13-27(14-12-26)17-22(29)18-31-25-10-5-4-9-24(25)30-3/h4-10,22,29H,11-18H2,1-3H3/i17D2,18D2,22D. The second-order valence-electron chi connectivity index (χ2n) is 7.66. The molecule has 168 valence electrons. The van der Waals surface area contributed by atoms with Crippen LogP contribution in [0.1, 0.15) is 23.5 Å². The number of nitrogens with zero attached hydrogens (tertiary/aromatic N) is 2. The van der Waals surface area contributed by atoms with Crippen molar-refractivity contribution in [2.75, 3.05) is 52.9 Å². The molecule has 6 heteroatoms. The SMILES string of the molecule is [2H]C([2H])(Oc1ccccc1OC)C([2H])(O)C([2H])([2H])N1CCN(CC(=O)Cc2c(C)cccc2C)CC1. The first-order valence-corrected chi connectivity index (χ1v) is 10.4. The maximum atomic E-state index is 12.7. The lowest BCUT2D eigenvalue weighted by molar-refractivity contribution is -0.120. The lowest BCUT2D eigenvalue weighted by Gasteiger charge is -2.35. The van der Waals surface area contributed by atoms with Gasteiger partial charge in [-0.2, -0.15) is 0 Å². The molecule has 3 rings (SSSR count). The number of methoxy groups -OCH3 is 1. The van der Waals surface area contributed by atoms with Gasteiger partial charge in [0.25, 0.3) is 0 Å². The number of rotatable bonds is 10. The first kappa shape index (κ1) is 17.2. The van der Waals surface area contributed by atoms with Gasteiger partial charge in [-0.3, -0.25) is 14.6 Å². The van der Waals surface area contributed by atoms with E-state index in [0.717, 1.165) is 16.7 Å². The number of aryl methyl sites for hydroxylation is 2. The van der Waals surface area contributed by atoms with E-state index in [-0.39, 0.29) is 36.9 Å². The van der Waals surface area contributed by atoms with Gasteiger partial charge in [0.2, 0.25) is 0 Å². The summed E-state index contributed by atoms with van der Waals surface area (Å²) in [6.07, 6.45) is -2.95. The summed E-state index contributed by atoms with van der Waals surface area (Å²) in [4.78, 5) is 15.8. The molecule has 2 aromatic rings. The fourth-order valence-corrected chi connectivity index (χ4v) is 3.63. The maximum absolute atomic E-state index is 12.7. The van der Waals surface area contributed by atoms with Crippen molar-refractivity contribution < 1.29 is 26.2 Å². The Morgan fingerprint density at radius 2 is 1.68 bits per heavy atom. The molecule has 1 unspecified atom stereocenters. The molecular formula is C25H34N2O4. The fraction of sp³-hybridized carbons (Fsp3) is 0.480. The Balaban J connectivity index is 1.63. The second kappa shape index (κ2) is 11.3. The molecule has 0 aromatic heterocycles. The van der Waals surface area contributed by atoms with Crippen molar-refractivity contribution in [3.63, 3.8) is 0 Å². The van der Waals surface area contributed by atoms with Gasteiger partial charge in [-0.15, -0.1) is 0 Å². The van der Waals surface area contributed by atoms with E-state index >= 15 is 0 Å². The number of Topliss-reactive ketones (excluding diaryl/α,β-unsaturated/α-hetero) is 1. The zero-order valence-electron chi connectivity index (χ0n) is 23.4. The zero-order chi connectivity index (χ0) is 26.7. The summed E-state index contributed by atoms with van der Waals surface area (Å²) >= 11 is 0. The minimum absolute atomic E-state index is 0.0568. The summed E-state index contributed by atoms with van der Waals surface area (Å²) in [5.41, 5.74) is 3.16. The van der Waals surface area contributed by atoms with Crippen LogP contribution in [-0.4, -0.2) is 79.7 Å². The summed E-state index contributed by atoms with van der Waals surface area (Å²) < 4.78 is 52.1. The van der Waals surface area contributed by atoms with Crippen molar-refractivity contribution in [1.82, 2.24) is 9.80 Å². The normalized spacial score (nSPS) is 20.5. The fourth-order valence-electron chi connectivity index (χ4n) is 3.63. The van der Waals surface area contributed by atoms with Crippen molar-refractivity contribution in [1.29, 1.82) is 0 Å². The number of ketones is 1. The third-order valence-corrected chi connectivity index (χ3v) is 5.38. The van der Waals surface area contributed by atoms with Gasteiger partial charge in [-0.1, -0.05) is 30.3 Å². The van der Waals surface area contributed by atoms with Gasteiger partial charge < -0.3 is 14.6 Å². The zero-order valence-corrected chi connectivity index (χ0v) is 18.4. The second-order valence-corrected chi connectivity index (χ2v) is 7.66. The minimum atomic E-state index is -3.28. The molecule has 2 aromatic carbocycles. The molecule has 0 aliphatic carbocycles. The molecule has 1 aliphatic heterocycles. The molecular weight excluding hydrogens is 392 g/mol. The van der Waals surface area contributed by atoms with Crippen LogP contribution in [0.25, 0.3) is 0 Å². The van der Waals surface area contributed by atoms with Gasteiger partial charge in [-0.05, 0) is 42.7 Å². The lowest BCUT2D eigenvalue weighted by Crippen LogP contribution is -2.50. The Bertz CT molecular complexity index is 1050. The molecule has 31 heavy (non-hydrogen) atoms. The average Bonchev–Trinajstić information content (AvgIpc) is 2.82. The van der Waals surface area contributed by atoms with Crippen molar-refractivity contribution in [3.05, 3.63) is 59.2 Å². The van der Waals surface area contributed by atoms with Crippen LogP contribution in [0, 0.1) is 13.8 Å². The lowest BCUT2D eigenvalue weighted by atomic mass is 9.98. The molecule has 1 aliphatic rings. The van der Waals surface area contributed by atoms with Crippen molar-refractivity contribution in [3.8, 4) is 11.5 Å². The predicted molar refractivity (Wildman–Crippen MR) is 122 cm³/mol. The molecule has 6 nitrogen and oxygen atoms in total. The first-order chi connectivity index (χ1) is 16.8. The number of β-amino-alcohol motifs (C(OH)–C–C–N with tert-alkyl or cyclic N) is 1. The number of ether oxygens (including phenoxy) is 2. The van der Waals surface area contributed by atoms with E-state index in [1.54, 1.807) is 12.1 Å². The van der Waals surface area contributed by atoms with Crippen LogP contribution >= 0.6 is 0 Å². The highest BCUT2D eigenvalue weighted by molar-refractivity contribution is 5.83. The number of para-hydroxylation sites is 2. The average molecular weight is 432 g/mol. The van der Waals surface area contributed by atoms with Gasteiger partial charge in [0, 0.05) is 41.8 Å². The number of carbonyl (C=O) groups excluding carboxylic acids is 1. The Kier molecular flexibility index (Phi) is 6.25. The highest BCUT2D eigenvalue weighted by atomic mass is 16.5. The smallest absolute Gasteiger partial charge is 0.161 e. The summed E-state index contributed by atoms with van der Waals surface area (Å²) in [5, 5.41) is 10.8. The highest BCUT2D eigenvalue weighted by Gasteiger charge is 2.21. The maximum Gasteiger partial charge on any atom is 0.161 e. The topological polar surface area (TPSA) is 62.2 Å². The van der Waals surface area contributed by atoms with E-state index in [1.807, 2.05) is 36.9 Å². The Hall–Kier alpha value is -2.41. The van der Waals surface area contributed by atoms with E-state index in [4.69, 9.17) is 16.3 Å². The summed E-state index contributed by atoms with van der Waals surface area (Å²) in [6.45, 7) is -0.826. The molecule has 0 radical (unpaired) electrons. The van der Waals surface area contributed by atoms with Crippen LogP contribution < -0.4 is 9.47 Å². The van der Waals surface area contributed by atoms with Crippen molar-refractivity contribution >= 4 is 5.78 Å². The Morgan fingerprint density at radius 1 is 1.06 bits per heavy atom. The van der Waals surface area contributed by atoms with Crippen LogP contribution in [0.5, 0.6) is 11.5 Å². The van der Waals surface area contributed by atoms with Crippen molar-refractivity contribution in [2.45, 2.75) is 26.3 Å². The monoisotopic (exact) mass is 431 g/mol. The van der Waals surface area contributed by atoms with Crippen LogP contribution in [0.2, 0.25) is 0 Å². The summed E-state index contributed by atoms with van der Waals surface area (Å²) in [7, 11) is 1.37. The third kappa shape index (κ3) is 6.79. The van der Waals surface area contributed by atoms with Gasteiger partial charge >= 0.3 is 0 Å². The number of carbonyl (C=O) groups is 1. The molecule has 0 amide bonds. The number of piperazine rings is 1. The van der Waals surface area contributed by atoms with E-state index in [9.17, 15) is 9.90 Å². The molecule has 0 saturated carbocycles.